The number of piperidine rings is 1. The zero-order chi connectivity index (χ0) is 9.68. The highest BCUT2D eigenvalue weighted by molar-refractivity contribution is 4.74. The van der Waals surface area contributed by atoms with Crippen LogP contribution in [-0.2, 0) is 4.74 Å². The van der Waals surface area contributed by atoms with E-state index in [4.69, 9.17) is 10.5 Å². The molecule has 0 aromatic rings. The molecular weight excluding hydrogens is 164 g/mol. The van der Waals surface area contributed by atoms with Crippen LogP contribution in [0.2, 0.25) is 0 Å². The Balaban J connectivity index is 2.25. The highest BCUT2D eigenvalue weighted by atomic mass is 16.5. The Kier molecular flexibility index (Phi) is 4.70. The number of ether oxygens (including phenoxy) is 1. The molecule has 0 amide bonds. The highest BCUT2D eigenvalue weighted by Gasteiger charge is 2.19. The first-order valence-electron chi connectivity index (χ1n) is 5.21. The second-order valence-corrected chi connectivity index (χ2v) is 4.05. The Labute approximate surface area is 81.2 Å². The summed E-state index contributed by atoms with van der Waals surface area (Å²) in [6.07, 6.45) is 2.93. The predicted molar refractivity (Wildman–Crippen MR) is 54.7 cm³/mol. The van der Waals surface area contributed by atoms with Crippen LogP contribution in [0.5, 0.6) is 0 Å². The van der Waals surface area contributed by atoms with Crippen LogP contribution < -0.4 is 5.73 Å². The maximum Gasteiger partial charge on any atom is 0.0670 e. The molecule has 3 nitrogen and oxygen atoms in total. The van der Waals surface area contributed by atoms with Crippen molar-refractivity contribution in [2.45, 2.75) is 25.9 Å². The Morgan fingerprint density at radius 3 is 3.00 bits per heavy atom. The Morgan fingerprint density at radius 1 is 1.62 bits per heavy atom. The molecule has 2 unspecified atom stereocenters. The molecule has 0 spiro atoms. The third kappa shape index (κ3) is 3.63. The average molecular weight is 186 g/mol. The highest BCUT2D eigenvalue weighted by Crippen LogP contribution is 2.15. The van der Waals surface area contributed by atoms with E-state index in [0.717, 1.165) is 19.6 Å². The number of hydrogen-bond acceptors (Lipinski definition) is 3. The molecule has 2 atom stereocenters. The van der Waals surface area contributed by atoms with E-state index < -0.39 is 0 Å². The van der Waals surface area contributed by atoms with E-state index in [9.17, 15) is 0 Å². The number of hydrogen-bond donors (Lipinski definition) is 1. The maximum absolute atomic E-state index is 5.67. The van der Waals surface area contributed by atoms with Gasteiger partial charge in [-0.15, -0.1) is 0 Å². The van der Waals surface area contributed by atoms with Crippen molar-refractivity contribution in [2.24, 2.45) is 11.7 Å². The molecule has 13 heavy (non-hydrogen) atoms. The van der Waals surface area contributed by atoms with Gasteiger partial charge in [0.15, 0.2) is 0 Å². The number of rotatable bonds is 4. The molecule has 0 aromatic heterocycles. The van der Waals surface area contributed by atoms with Gasteiger partial charge in [-0.3, -0.25) is 0 Å². The first kappa shape index (κ1) is 11.0. The van der Waals surface area contributed by atoms with Crippen molar-refractivity contribution < 1.29 is 4.74 Å². The Hall–Kier alpha value is -0.120. The molecule has 0 aliphatic carbocycles. The molecule has 0 radical (unpaired) electrons. The minimum Gasteiger partial charge on any atom is -0.380 e. The molecule has 2 N–H and O–H groups in total. The van der Waals surface area contributed by atoms with Gasteiger partial charge in [-0.25, -0.2) is 0 Å². The van der Waals surface area contributed by atoms with Gasteiger partial charge in [-0.05, 0) is 38.8 Å². The smallest absolute Gasteiger partial charge is 0.0670 e. The first-order valence-corrected chi connectivity index (χ1v) is 5.21. The van der Waals surface area contributed by atoms with E-state index in [1.165, 1.54) is 19.4 Å². The largest absolute Gasteiger partial charge is 0.380 e. The van der Waals surface area contributed by atoms with Crippen molar-refractivity contribution in [2.75, 3.05) is 33.3 Å². The minimum absolute atomic E-state index is 0.344. The molecule has 1 fully saturated rings. The summed E-state index contributed by atoms with van der Waals surface area (Å²) in [5.41, 5.74) is 5.67. The average Bonchev–Trinajstić information content (AvgIpc) is 2.18. The van der Waals surface area contributed by atoms with Crippen LogP contribution in [0.4, 0.5) is 0 Å². The zero-order valence-corrected chi connectivity index (χ0v) is 8.83. The summed E-state index contributed by atoms with van der Waals surface area (Å²) in [4.78, 5) is 2.47. The number of methoxy groups -OCH3 is 1. The molecule has 0 aromatic carbocycles. The molecule has 3 heteroatoms. The van der Waals surface area contributed by atoms with Crippen molar-refractivity contribution in [3.05, 3.63) is 0 Å². The summed E-state index contributed by atoms with van der Waals surface area (Å²) in [5.74, 6) is 0.706. The molecule has 78 valence electrons. The van der Waals surface area contributed by atoms with E-state index in [-0.39, 0.29) is 0 Å². The van der Waals surface area contributed by atoms with Crippen LogP contribution in [0.1, 0.15) is 19.8 Å². The van der Waals surface area contributed by atoms with Crippen molar-refractivity contribution in [3.63, 3.8) is 0 Å². The fourth-order valence-electron chi connectivity index (χ4n) is 1.95. The molecule has 1 rings (SSSR count). The fourth-order valence-corrected chi connectivity index (χ4v) is 1.95. The lowest BCUT2D eigenvalue weighted by molar-refractivity contribution is 0.0602. The Morgan fingerprint density at radius 2 is 2.38 bits per heavy atom. The molecule has 1 saturated heterocycles. The van der Waals surface area contributed by atoms with Crippen LogP contribution >= 0.6 is 0 Å². The normalized spacial score (nSPS) is 27.5. The van der Waals surface area contributed by atoms with E-state index >= 15 is 0 Å². The van der Waals surface area contributed by atoms with E-state index in [0.29, 0.717) is 12.0 Å². The maximum atomic E-state index is 5.67. The molecule has 0 bridgehead atoms. The van der Waals surface area contributed by atoms with Crippen LogP contribution in [0.3, 0.4) is 0 Å². The lowest BCUT2D eigenvalue weighted by Gasteiger charge is -2.33. The number of nitrogens with zero attached hydrogens (tertiary/aromatic N) is 1. The van der Waals surface area contributed by atoms with Gasteiger partial charge in [-0.2, -0.15) is 0 Å². The van der Waals surface area contributed by atoms with E-state index in [2.05, 4.69) is 11.8 Å². The van der Waals surface area contributed by atoms with Gasteiger partial charge in [0, 0.05) is 20.2 Å². The van der Waals surface area contributed by atoms with E-state index in [1.54, 1.807) is 7.11 Å². The molecule has 1 aliphatic rings. The summed E-state index contributed by atoms with van der Waals surface area (Å²) in [7, 11) is 1.77. The zero-order valence-electron chi connectivity index (χ0n) is 8.83. The number of likely N-dealkylation sites (tertiary alicyclic amines) is 1. The molecule has 0 saturated carbocycles. The van der Waals surface area contributed by atoms with Crippen molar-refractivity contribution in [1.82, 2.24) is 4.90 Å². The van der Waals surface area contributed by atoms with Crippen LogP contribution in [0.15, 0.2) is 0 Å². The van der Waals surface area contributed by atoms with Crippen LogP contribution in [-0.4, -0.2) is 44.3 Å². The van der Waals surface area contributed by atoms with Gasteiger partial charge in [-0.1, -0.05) is 0 Å². The van der Waals surface area contributed by atoms with Gasteiger partial charge >= 0.3 is 0 Å². The second-order valence-electron chi connectivity index (χ2n) is 4.05. The first-order chi connectivity index (χ1) is 6.26. The minimum atomic E-state index is 0.344. The van der Waals surface area contributed by atoms with Crippen molar-refractivity contribution in [3.8, 4) is 0 Å². The standard InChI is InChI=1S/C10H22N2O/c1-9(13-2)7-12-5-3-4-10(6-11)8-12/h9-10H,3-8,11H2,1-2H3. The van der Waals surface area contributed by atoms with Crippen LogP contribution in [0.25, 0.3) is 0 Å². The van der Waals surface area contributed by atoms with E-state index in [1.807, 2.05) is 0 Å². The van der Waals surface area contributed by atoms with Crippen molar-refractivity contribution >= 4 is 0 Å². The van der Waals surface area contributed by atoms with Gasteiger partial charge < -0.3 is 15.4 Å². The third-order valence-electron chi connectivity index (χ3n) is 2.85. The molecule has 1 aliphatic heterocycles. The van der Waals surface area contributed by atoms with Gasteiger partial charge in [0.1, 0.15) is 0 Å². The summed E-state index contributed by atoms with van der Waals surface area (Å²) < 4.78 is 5.25. The fraction of sp³-hybridized carbons (Fsp3) is 1.00. The van der Waals surface area contributed by atoms with Gasteiger partial charge in [0.25, 0.3) is 0 Å². The summed E-state index contributed by atoms with van der Waals surface area (Å²) in [6, 6.07) is 0. The van der Waals surface area contributed by atoms with Crippen molar-refractivity contribution in [1.29, 1.82) is 0 Å². The topological polar surface area (TPSA) is 38.5 Å². The van der Waals surface area contributed by atoms with Gasteiger partial charge in [0.2, 0.25) is 0 Å². The number of nitrogens with two attached hydrogens (primary N) is 1. The lowest BCUT2D eigenvalue weighted by Crippen LogP contribution is -2.41. The molecule has 1 heterocycles. The quantitative estimate of drug-likeness (QED) is 0.702. The molecular formula is C10H22N2O. The summed E-state index contributed by atoms with van der Waals surface area (Å²) in [5, 5.41) is 0. The monoisotopic (exact) mass is 186 g/mol. The van der Waals surface area contributed by atoms with Crippen LogP contribution in [0, 0.1) is 5.92 Å². The Bertz CT molecular complexity index is 139. The SMILES string of the molecule is COC(C)CN1CCCC(CN)C1. The summed E-state index contributed by atoms with van der Waals surface area (Å²) in [6.45, 7) is 6.37. The summed E-state index contributed by atoms with van der Waals surface area (Å²) >= 11 is 0. The second kappa shape index (κ2) is 5.58. The van der Waals surface area contributed by atoms with Gasteiger partial charge in [0.05, 0.1) is 6.10 Å². The lowest BCUT2D eigenvalue weighted by atomic mass is 9.98. The third-order valence-corrected chi connectivity index (χ3v) is 2.85. The predicted octanol–water partition coefficient (Wildman–Crippen LogP) is 0.692.